The Hall–Kier alpha value is -0.610. The minimum absolute atomic E-state index is 0.123. The fourth-order valence-electron chi connectivity index (χ4n) is 2.21. The molecule has 1 saturated heterocycles. The van der Waals surface area contributed by atoms with Gasteiger partial charge in [0.25, 0.3) is 0 Å². The highest BCUT2D eigenvalue weighted by Gasteiger charge is 2.30. The van der Waals surface area contributed by atoms with Gasteiger partial charge in [-0.2, -0.15) is 0 Å². The largest absolute Gasteiger partial charge is 0.340 e. The topological polar surface area (TPSA) is 49.6 Å². The Morgan fingerprint density at radius 1 is 1.50 bits per heavy atom. The van der Waals surface area contributed by atoms with Crippen LogP contribution in [0.4, 0.5) is 0 Å². The highest BCUT2D eigenvalue weighted by Crippen LogP contribution is 2.15. The number of amides is 1. The highest BCUT2D eigenvalue weighted by atomic mass is 16.2. The quantitative estimate of drug-likeness (QED) is 0.762. The maximum atomic E-state index is 12.0. The first-order valence-electron chi connectivity index (χ1n) is 6.12. The van der Waals surface area contributed by atoms with Crippen LogP contribution in [-0.2, 0) is 4.79 Å². The minimum Gasteiger partial charge on any atom is -0.340 e. The van der Waals surface area contributed by atoms with Gasteiger partial charge < -0.3 is 15.5 Å². The van der Waals surface area contributed by atoms with Gasteiger partial charge in [-0.25, -0.2) is 0 Å². The average molecular weight is 227 g/mol. The summed E-state index contributed by atoms with van der Waals surface area (Å²) in [7, 11) is 4.12. The summed E-state index contributed by atoms with van der Waals surface area (Å²) < 4.78 is 0. The van der Waals surface area contributed by atoms with Gasteiger partial charge in [0.1, 0.15) is 0 Å². The monoisotopic (exact) mass is 227 g/mol. The van der Waals surface area contributed by atoms with Gasteiger partial charge in [-0.1, -0.05) is 13.8 Å². The molecule has 0 aromatic heterocycles. The Morgan fingerprint density at radius 3 is 2.56 bits per heavy atom. The second-order valence-electron chi connectivity index (χ2n) is 5.43. The molecule has 0 radical (unpaired) electrons. The molecule has 4 heteroatoms. The lowest BCUT2D eigenvalue weighted by molar-refractivity contribution is -0.132. The van der Waals surface area contributed by atoms with Gasteiger partial charge in [0.05, 0.1) is 6.04 Å². The number of hydrogen-bond donors (Lipinski definition) is 1. The van der Waals surface area contributed by atoms with Crippen LogP contribution in [0.3, 0.4) is 0 Å². The van der Waals surface area contributed by atoms with Crippen molar-refractivity contribution in [1.29, 1.82) is 0 Å². The Kier molecular flexibility index (Phi) is 4.74. The van der Waals surface area contributed by atoms with Gasteiger partial charge >= 0.3 is 0 Å². The van der Waals surface area contributed by atoms with Crippen LogP contribution < -0.4 is 5.73 Å². The van der Waals surface area contributed by atoms with E-state index in [0.29, 0.717) is 12.0 Å². The first-order chi connectivity index (χ1) is 7.41. The molecule has 1 rings (SSSR count). The van der Waals surface area contributed by atoms with E-state index < -0.39 is 0 Å². The minimum atomic E-state index is -0.319. The molecule has 4 nitrogen and oxygen atoms in total. The normalized spacial score (nSPS) is 23.2. The highest BCUT2D eigenvalue weighted by molar-refractivity contribution is 5.81. The van der Waals surface area contributed by atoms with Gasteiger partial charge in [0.2, 0.25) is 5.91 Å². The molecule has 0 aromatic carbocycles. The zero-order chi connectivity index (χ0) is 12.3. The molecule has 0 saturated carbocycles. The van der Waals surface area contributed by atoms with E-state index in [1.165, 1.54) is 0 Å². The van der Waals surface area contributed by atoms with Crippen LogP contribution in [0.5, 0.6) is 0 Å². The Balaban J connectivity index is 2.44. The summed E-state index contributed by atoms with van der Waals surface area (Å²) in [6.45, 7) is 5.88. The number of rotatable bonds is 4. The van der Waals surface area contributed by atoms with Crippen molar-refractivity contribution in [2.45, 2.75) is 38.8 Å². The lowest BCUT2D eigenvalue weighted by Crippen LogP contribution is -2.44. The van der Waals surface area contributed by atoms with E-state index >= 15 is 0 Å². The molecule has 1 amide bonds. The van der Waals surface area contributed by atoms with Crippen molar-refractivity contribution < 1.29 is 4.79 Å². The standard InChI is InChI=1S/C12H25N3O/c1-9(2)7-11(13)12(16)15-6-5-10(8-15)14(3)4/h9-11H,5-8,13H2,1-4H3/t10-,11-/m1/s1. The molecule has 94 valence electrons. The smallest absolute Gasteiger partial charge is 0.239 e. The molecule has 0 bridgehead atoms. The van der Waals surface area contributed by atoms with Crippen molar-refractivity contribution >= 4 is 5.91 Å². The lowest BCUT2D eigenvalue weighted by atomic mass is 10.0. The van der Waals surface area contributed by atoms with Crippen molar-refractivity contribution in [3.05, 3.63) is 0 Å². The van der Waals surface area contributed by atoms with Crippen molar-refractivity contribution in [1.82, 2.24) is 9.80 Å². The van der Waals surface area contributed by atoms with Gasteiger partial charge in [0, 0.05) is 19.1 Å². The summed E-state index contributed by atoms with van der Waals surface area (Å²) in [5, 5.41) is 0. The lowest BCUT2D eigenvalue weighted by Gasteiger charge is -2.23. The van der Waals surface area contributed by atoms with Crippen molar-refractivity contribution in [2.24, 2.45) is 11.7 Å². The van der Waals surface area contributed by atoms with E-state index in [0.717, 1.165) is 25.9 Å². The molecule has 0 unspecified atom stereocenters. The number of carbonyl (C=O) groups is 1. The Morgan fingerprint density at radius 2 is 2.12 bits per heavy atom. The van der Waals surface area contributed by atoms with E-state index in [-0.39, 0.29) is 11.9 Å². The van der Waals surface area contributed by atoms with Crippen LogP contribution in [0.2, 0.25) is 0 Å². The van der Waals surface area contributed by atoms with E-state index in [1.54, 1.807) is 0 Å². The second kappa shape index (κ2) is 5.64. The molecule has 1 fully saturated rings. The molecule has 0 aromatic rings. The van der Waals surface area contributed by atoms with Crippen molar-refractivity contribution in [2.75, 3.05) is 27.2 Å². The number of hydrogen-bond acceptors (Lipinski definition) is 3. The van der Waals surface area contributed by atoms with Crippen LogP contribution in [0.25, 0.3) is 0 Å². The van der Waals surface area contributed by atoms with Crippen LogP contribution in [0.15, 0.2) is 0 Å². The molecule has 1 heterocycles. The summed E-state index contributed by atoms with van der Waals surface area (Å²) in [5.41, 5.74) is 5.91. The van der Waals surface area contributed by atoms with E-state index in [2.05, 4.69) is 32.8 Å². The predicted molar refractivity (Wildman–Crippen MR) is 66.1 cm³/mol. The average Bonchev–Trinajstić information content (AvgIpc) is 2.64. The van der Waals surface area contributed by atoms with Crippen LogP contribution >= 0.6 is 0 Å². The third kappa shape index (κ3) is 3.46. The predicted octanol–water partition coefficient (Wildman–Crippen LogP) is 0.522. The zero-order valence-electron chi connectivity index (χ0n) is 10.9. The SMILES string of the molecule is CC(C)C[C@@H](N)C(=O)N1CC[C@@H](N(C)C)C1. The van der Waals surface area contributed by atoms with E-state index in [9.17, 15) is 4.79 Å². The van der Waals surface area contributed by atoms with Gasteiger partial charge in [0.15, 0.2) is 0 Å². The number of likely N-dealkylation sites (tertiary alicyclic amines) is 1. The maximum Gasteiger partial charge on any atom is 0.239 e. The summed E-state index contributed by atoms with van der Waals surface area (Å²) in [6.07, 6.45) is 1.84. The maximum absolute atomic E-state index is 12.0. The Labute approximate surface area is 98.8 Å². The molecule has 2 atom stereocenters. The molecule has 1 aliphatic rings. The first-order valence-corrected chi connectivity index (χ1v) is 6.12. The van der Waals surface area contributed by atoms with Crippen LogP contribution in [-0.4, -0.2) is 55.0 Å². The Bertz CT molecular complexity index is 240. The van der Waals surface area contributed by atoms with Gasteiger partial charge in [-0.05, 0) is 32.9 Å². The first kappa shape index (κ1) is 13.5. The molecule has 1 aliphatic heterocycles. The second-order valence-corrected chi connectivity index (χ2v) is 5.43. The third-order valence-electron chi connectivity index (χ3n) is 3.25. The summed E-state index contributed by atoms with van der Waals surface area (Å²) >= 11 is 0. The van der Waals surface area contributed by atoms with Crippen LogP contribution in [0, 0.1) is 5.92 Å². The molecule has 16 heavy (non-hydrogen) atoms. The van der Waals surface area contributed by atoms with Gasteiger partial charge in [-0.3, -0.25) is 4.79 Å². The number of likely N-dealkylation sites (N-methyl/N-ethyl adjacent to an activating group) is 1. The fourth-order valence-corrected chi connectivity index (χ4v) is 2.21. The van der Waals surface area contributed by atoms with E-state index in [1.807, 2.05) is 4.90 Å². The van der Waals surface area contributed by atoms with Gasteiger partial charge in [-0.15, -0.1) is 0 Å². The molecule has 0 aliphatic carbocycles. The molecule has 2 N–H and O–H groups in total. The molecular formula is C12H25N3O. The number of nitrogens with two attached hydrogens (primary N) is 1. The molecule has 0 spiro atoms. The van der Waals surface area contributed by atoms with Crippen LogP contribution in [0.1, 0.15) is 26.7 Å². The fraction of sp³-hybridized carbons (Fsp3) is 0.917. The summed E-state index contributed by atoms with van der Waals surface area (Å²) in [5.74, 6) is 0.601. The summed E-state index contributed by atoms with van der Waals surface area (Å²) in [6, 6.07) is 0.177. The zero-order valence-corrected chi connectivity index (χ0v) is 10.9. The van der Waals surface area contributed by atoms with E-state index in [4.69, 9.17) is 5.73 Å². The van der Waals surface area contributed by atoms with Crippen molar-refractivity contribution in [3.8, 4) is 0 Å². The summed E-state index contributed by atoms with van der Waals surface area (Å²) in [4.78, 5) is 16.1. The third-order valence-corrected chi connectivity index (χ3v) is 3.25. The number of carbonyl (C=O) groups excluding carboxylic acids is 1. The van der Waals surface area contributed by atoms with Crippen molar-refractivity contribution in [3.63, 3.8) is 0 Å². The number of nitrogens with zero attached hydrogens (tertiary/aromatic N) is 2. The molecular weight excluding hydrogens is 202 g/mol.